The molecule has 198 valence electrons. The van der Waals surface area contributed by atoms with Crippen molar-refractivity contribution in [1.82, 2.24) is 4.98 Å². The molecular weight excluding hydrogens is 512 g/mol. The van der Waals surface area contributed by atoms with Crippen LogP contribution in [0.4, 0.5) is 17.2 Å². The Labute approximate surface area is 243 Å². The first kappa shape index (κ1) is 24.2. The van der Waals surface area contributed by atoms with E-state index in [0.29, 0.717) is 0 Å². The van der Waals surface area contributed by atoms with Crippen molar-refractivity contribution >= 4 is 49.9 Å². The molecule has 0 aliphatic rings. The minimum absolute atomic E-state index is 0.755. The third kappa shape index (κ3) is 4.20. The number of anilines is 3. The van der Waals surface area contributed by atoms with Crippen LogP contribution in [0, 0.1) is 0 Å². The molecule has 2 heterocycles. The predicted molar refractivity (Wildman–Crippen MR) is 175 cm³/mol. The first-order chi connectivity index (χ1) is 20.8. The molecule has 0 radical (unpaired) electrons. The highest BCUT2D eigenvalue weighted by molar-refractivity contribution is 6.13. The third-order valence-corrected chi connectivity index (χ3v) is 7.89. The van der Waals surface area contributed by atoms with E-state index >= 15 is 0 Å². The molecule has 0 atom stereocenters. The van der Waals surface area contributed by atoms with Crippen LogP contribution in [-0.2, 0) is 0 Å². The molecule has 0 bridgehead atoms. The molecule has 0 amide bonds. The number of benzene rings is 6. The van der Waals surface area contributed by atoms with E-state index in [1.165, 1.54) is 22.1 Å². The highest BCUT2D eigenvalue weighted by atomic mass is 16.3. The Morgan fingerprint density at radius 3 is 1.81 bits per heavy atom. The van der Waals surface area contributed by atoms with E-state index in [1.807, 2.05) is 18.3 Å². The molecule has 0 N–H and O–H groups in total. The fourth-order valence-corrected chi connectivity index (χ4v) is 5.82. The van der Waals surface area contributed by atoms with Gasteiger partial charge in [-0.05, 0) is 75.5 Å². The third-order valence-electron chi connectivity index (χ3n) is 7.89. The molecule has 8 rings (SSSR count). The second-order valence-electron chi connectivity index (χ2n) is 10.5. The first-order valence-electron chi connectivity index (χ1n) is 14.1. The van der Waals surface area contributed by atoms with E-state index in [9.17, 15) is 0 Å². The number of aromatic nitrogens is 1. The van der Waals surface area contributed by atoms with E-state index in [0.717, 1.165) is 50.1 Å². The number of hydrogen-bond donors (Lipinski definition) is 0. The minimum Gasteiger partial charge on any atom is -0.452 e. The Kier molecular flexibility index (Phi) is 5.79. The first-order valence-corrected chi connectivity index (χ1v) is 14.1. The Morgan fingerprint density at radius 2 is 1.07 bits per heavy atom. The lowest BCUT2D eigenvalue weighted by molar-refractivity contribution is 0.667. The summed E-state index contributed by atoms with van der Waals surface area (Å²) in [5.74, 6) is 0.755. The zero-order chi connectivity index (χ0) is 27.9. The van der Waals surface area contributed by atoms with Crippen molar-refractivity contribution in [3.63, 3.8) is 0 Å². The summed E-state index contributed by atoms with van der Waals surface area (Å²) in [5, 5.41) is 4.48. The van der Waals surface area contributed by atoms with Crippen LogP contribution in [0.15, 0.2) is 162 Å². The smallest absolute Gasteiger partial charge is 0.181 e. The van der Waals surface area contributed by atoms with Crippen LogP contribution in [0.2, 0.25) is 0 Å². The zero-order valence-electron chi connectivity index (χ0n) is 22.8. The average molecular weight is 539 g/mol. The second-order valence-corrected chi connectivity index (χ2v) is 10.5. The summed E-state index contributed by atoms with van der Waals surface area (Å²) in [7, 11) is 0. The molecule has 3 heteroatoms. The van der Waals surface area contributed by atoms with Gasteiger partial charge in [-0.1, -0.05) is 109 Å². The minimum atomic E-state index is 0.755. The van der Waals surface area contributed by atoms with Crippen molar-refractivity contribution in [2.24, 2.45) is 0 Å². The van der Waals surface area contributed by atoms with Gasteiger partial charge in [-0.25, -0.2) is 4.98 Å². The van der Waals surface area contributed by atoms with Crippen molar-refractivity contribution in [3.8, 4) is 22.3 Å². The lowest BCUT2D eigenvalue weighted by atomic mass is 10.0. The van der Waals surface area contributed by atoms with Gasteiger partial charge in [0, 0.05) is 28.3 Å². The lowest BCUT2D eigenvalue weighted by Crippen LogP contribution is -2.12. The molecule has 0 fully saturated rings. The Morgan fingerprint density at radius 1 is 0.452 bits per heavy atom. The maximum atomic E-state index is 6.62. The number of fused-ring (bicyclic) bond motifs is 4. The highest BCUT2D eigenvalue weighted by Crippen LogP contribution is 2.42. The van der Waals surface area contributed by atoms with Crippen LogP contribution in [-0.4, -0.2) is 4.98 Å². The maximum Gasteiger partial charge on any atom is 0.181 e. The number of rotatable bonds is 5. The molecule has 8 aromatic rings. The molecule has 0 aliphatic heterocycles. The van der Waals surface area contributed by atoms with E-state index in [2.05, 4.69) is 144 Å². The van der Waals surface area contributed by atoms with Gasteiger partial charge in [0.1, 0.15) is 5.58 Å². The topological polar surface area (TPSA) is 29.3 Å². The van der Waals surface area contributed by atoms with Crippen LogP contribution < -0.4 is 4.90 Å². The van der Waals surface area contributed by atoms with Gasteiger partial charge in [0.2, 0.25) is 0 Å². The van der Waals surface area contributed by atoms with Crippen LogP contribution in [0.3, 0.4) is 0 Å². The van der Waals surface area contributed by atoms with Gasteiger partial charge >= 0.3 is 0 Å². The summed E-state index contributed by atoms with van der Waals surface area (Å²) in [4.78, 5) is 7.14. The van der Waals surface area contributed by atoms with Gasteiger partial charge in [0.05, 0.1) is 0 Å². The summed E-state index contributed by atoms with van der Waals surface area (Å²) in [6.07, 6.45) is 1.88. The summed E-state index contributed by atoms with van der Waals surface area (Å²) >= 11 is 0. The largest absolute Gasteiger partial charge is 0.452 e. The number of hydrogen-bond acceptors (Lipinski definition) is 3. The normalized spacial score (nSPS) is 11.3. The quantitative estimate of drug-likeness (QED) is 0.218. The molecule has 3 nitrogen and oxygen atoms in total. The molecule has 42 heavy (non-hydrogen) atoms. The Hall–Kier alpha value is -5.67. The van der Waals surface area contributed by atoms with Gasteiger partial charge in [-0.15, -0.1) is 0 Å². The van der Waals surface area contributed by atoms with Gasteiger partial charge in [0.15, 0.2) is 11.4 Å². The maximum absolute atomic E-state index is 6.62. The van der Waals surface area contributed by atoms with Crippen molar-refractivity contribution < 1.29 is 4.42 Å². The summed E-state index contributed by atoms with van der Waals surface area (Å²) in [5.41, 5.74) is 8.29. The van der Waals surface area contributed by atoms with E-state index in [4.69, 9.17) is 9.40 Å². The molecule has 0 aliphatic carbocycles. The molecule has 6 aromatic carbocycles. The van der Waals surface area contributed by atoms with Crippen molar-refractivity contribution in [2.75, 3.05) is 4.90 Å². The van der Waals surface area contributed by atoms with Crippen molar-refractivity contribution in [1.29, 1.82) is 0 Å². The van der Waals surface area contributed by atoms with E-state index in [-0.39, 0.29) is 0 Å². The molecule has 0 saturated carbocycles. The van der Waals surface area contributed by atoms with Crippen LogP contribution >= 0.6 is 0 Å². The summed E-state index contributed by atoms with van der Waals surface area (Å²) < 4.78 is 6.62. The van der Waals surface area contributed by atoms with Crippen LogP contribution in [0.1, 0.15) is 0 Å². The number of furan rings is 1. The SMILES string of the molecule is c1ccc(-c2ccc(N(c3cccc(-c4ccccc4)c3)c3nccc4c3oc3cc5ccccc5cc34)cc2)cc1. The fraction of sp³-hybridized carbons (Fsp3) is 0. The van der Waals surface area contributed by atoms with Gasteiger partial charge in [-0.2, -0.15) is 0 Å². The van der Waals surface area contributed by atoms with E-state index < -0.39 is 0 Å². The average Bonchev–Trinajstić information content (AvgIpc) is 3.43. The van der Waals surface area contributed by atoms with Crippen LogP contribution in [0.5, 0.6) is 0 Å². The second kappa shape index (κ2) is 10.1. The molecule has 0 saturated heterocycles. The molecule has 2 aromatic heterocycles. The number of pyridine rings is 1. The fourth-order valence-electron chi connectivity index (χ4n) is 5.82. The molecular formula is C39H26N2O. The lowest BCUT2D eigenvalue weighted by Gasteiger charge is -2.25. The number of nitrogens with zero attached hydrogens (tertiary/aromatic N) is 2. The molecule has 0 unspecified atom stereocenters. The van der Waals surface area contributed by atoms with Gasteiger partial charge < -0.3 is 4.42 Å². The summed E-state index contributed by atoms with van der Waals surface area (Å²) in [6.45, 7) is 0. The highest BCUT2D eigenvalue weighted by Gasteiger charge is 2.21. The summed E-state index contributed by atoms with van der Waals surface area (Å²) in [6, 6.07) is 53.0. The van der Waals surface area contributed by atoms with Crippen molar-refractivity contribution in [2.45, 2.75) is 0 Å². The zero-order valence-corrected chi connectivity index (χ0v) is 22.8. The standard InChI is InChI=1S/C39H26N2O/c1-3-10-27(11-4-1)29-18-20-33(21-19-29)41(34-17-9-16-30(24-34)28-12-5-2-6-13-28)39-38-35(22-23-40-39)36-25-31-14-7-8-15-32(31)26-37(36)42-38/h1-26H. The Balaban J connectivity index is 1.34. The van der Waals surface area contributed by atoms with E-state index in [1.54, 1.807) is 0 Å². The molecule has 0 spiro atoms. The van der Waals surface area contributed by atoms with Crippen molar-refractivity contribution in [3.05, 3.63) is 158 Å². The van der Waals surface area contributed by atoms with Crippen LogP contribution in [0.25, 0.3) is 55.0 Å². The Bertz CT molecular complexity index is 2180. The van der Waals surface area contributed by atoms with Gasteiger partial charge in [-0.3, -0.25) is 4.90 Å². The monoisotopic (exact) mass is 538 g/mol. The van der Waals surface area contributed by atoms with Gasteiger partial charge in [0.25, 0.3) is 0 Å². The predicted octanol–water partition coefficient (Wildman–Crippen LogP) is 10.9.